The molecule has 1 fully saturated rings. The highest BCUT2D eigenvalue weighted by molar-refractivity contribution is 5.94. The summed E-state index contributed by atoms with van der Waals surface area (Å²) in [5.74, 6) is 0.241. The first kappa shape index (κ1) is 13.8. The van der Waals surface area contributed by atoms with E-state index >= 15 is 0 Å². The first-order valence-electron chi connectivity index (χ1n) is 7.65. The Labute approximate surface area is 132 Å². The second kappa shape index (κ2) is 5.39. The van der Waals surface area contributed by atoms with Crippen molar-refractivity contribution in [2.45, 2.75) is 12.8 Å². The van der Waals surface area contributed by atoms with Gasteiger partial charge in [0, 0.05) is 17.0 Å². The summed E-state index contributed by atoms with van der Waals surface area (Å²) in [5.41, 5.74) is 2.25. The number of rotatable bonds is 3. The molecule has 3 aromatic rings. The van der Waals surface area contributed by atoms with Gasteiger partial charge in [-0.2, -0.15) is 0 Å². The lowest BCUT2D eigenvalue weighted by Gasteiger charge is -2.06. The summed E-state index contributed by atoms with van der Waals surface area (Å²) in [5, 5.41) is 3.77. The molecule has 0 saturated heterocycles. The molecule has 4 nitrogen and oxygen atoms in total. The van der Waals surface area contributed by atoms with Gasteiger partial charge in [0.15, 0.2) is 0 Å². The summed E-state index contributed by atoms with van der Waals surface area (Å²) in [4.78, 5) is 23.9. The number of carbonyl (C=O) groups is 1. The van der Waals surface area contributed by atoms with E-state index in [0.717, 1.165) is 29.5 Å². The highest BCUT2D eigenvalue weighted by Crippen LogP contribution is 2.30. The molecule has 114 valence electrons. The highest BCUT2D eigenvalue weighted by atomic mass is 16.4. The number of amides is 1. The lowest BCUT2D eigenvalue weighted by Crippen LogP contribution is -2.13. The molecular weight excluding hydrogens is 290 g/mol. The normalized spacial score (nSPS) is 13.9. The monoisotopic (exact) mass is 305 g/mol. The Morgan fingerprint density at radius 2 is 1.78 bits per heavy atom. The molecular formula is C19H15NO3. The maximum atomic E-state index is 12.2. The number of fused-ring (bicyclic) bond motifs is 1. The predicted molar refractivity (Wildman–Crippen MR) is 89.3 cm³/mol. The third kappa shape index (κ3) is 2.75. The van der Waals surface area contributed by atoms with Crippen LogP contribution in [0.4, 0.5) is 5.69 Å². The Morgan fingerprint density at radius 3 is 2.52 bits per heavy atom. The van der Waals surface area contributed by atoms with Gasteiger partial charge in [0.1, 0.15) is 5.58 Å². The number of anilines is 1. The number of para-hydroxylation sites is 1. The van der Waals surface area contributed by atoms with Crippen LogP contribution in [0.3, 0.4) is 0 Å². The van der Waals surface area contributed by atoms with Gasteiger partial charge in [0.2, 0.25) is 5.91 Å². The fraction of sp³-hybridized carbons (Fsp3) is 0.158. The van der Waals surface area contributed by atoms with Crippen molar-refractivity contribution < 1.29 is 9.21 Å². The van der Waals surface area contributed by atoms with Crippen LogP contribution < -0.4 is 10.9 Å². The van der Waals surface area contributed by atoms with Crippen LogP contribution in [-0.4, -0.2) is 5.91 Å². The Kier molecular flexibility index (Phi) is 3.23. The zero-order chi connectivity index (χ0) is 15.8. The second-order valence-corrected chi connectivity index (χ2v) is 5.83. The van der Waals surface area contributed by atoms with E-state index in [1.807, 2.05) is 48.5 Å². The topological polar surface area (TPSA) is 59.3 Å². The van der Waals surface area contributed by atoms with E-state index in [0.29, 0.717) is 11.1 Å². The van der Waals surface area contributed by atoms with E-state index in [4.69, 9.17) is 4.42 Å². The van der Waals surface area contributed by atoms with Crippen molar-refractivity contribution in [2.75, 3.05) is 5.32 Å². The molecule has 4 rings (SSSR count). The summed E-state index contributed by atoms with van der Waals surface area (Å²) in [7, 11) is 0. The van der Waals surface area contributed by atoms with E-state index in [9.17, 15) is 9.59 Å². The highest BCUT2D eigenvalue weighted by Gasteiger charge is 2.29. The lowest BCUT2D eigenvalue weighted by molar-refractivity contribution is -0.117. The largest absolute Gasteiger partial charge is 0.422 e. The van der Waals surface area contributed by atoms with Crippen LogP contribution in [0.25, 0.3) is 22.1 Å². The molecule has 1 aliphatic rings. The first-order valence-corrected chi connectivity index (χ1v) is 7.65. The van der Waals surface area contributed by atoms with Crippen molar-refractivity contribution >= 4 is 22.6 Å². The molecule has 4 heteroatoms. The lowest BCUT2D eigenvalue weighted by atomic mass is 10.1. The molecule has 0 radical (unpaired) electrons. The molecule has 1 heterocycles. The number of hydrogen-bond donors (Lipinski definition) is 1. The SMILES string of the molecule is O=C(Nc1ccc(-c2cc3ccccc3oc2=O)cc1)C1CC1. The molecule has 0 unspecified atom stereocenters. The minimum Gasteiger partial charge on any atom is -0.422 e. The van der Waals surface area contributed by atoms with Gasteiger partial charge < -0.3 is 9.73 Å². The van der Waals surface area contributed by atoms with E-state index in [-0.39, 0.29) is 17.5 Å². The summed E-state index contributed by atoms with van der Waals surface area (Å²) in [6, 6.07) is 16.5. The van der Waals surface area contributed by atoms with Crippen LogP contribution in [0.1, 0.15) is 12.8 Å². The van der Waals surface area contributed by atoms with Crippen LogP contribution in [0, 0.1) is 5.92 Å². The second-order valence-electron chi connectivity index (χ2n) is 5.83. The smallest absolute Gasteiger partial charge is 0.344 e. The Balaban J connectivity index is 1.66. The van der Waals surface area contributed by atoms with E-state index in [1.54, 1.807) is 6.07 Å². The van der Waals surface area contributed by atoms with Crippen molar-refractivity contribution in [3.8, 4) is 11.1 Å². The molecule has 1 amide bonds. The van der Waals surface area contributed by atoms with Gasteiger partial charge in [-0.1, -0.05) is 30.3 Å². The minimum absolute atomic E-state index is 0.0722. The van der Waals surface area contributed by atoms with Gasteiger partial charge in [-0.15, -0.1) is 0 Å². The number of carbonyl (C=O) groups excluding carboxylic acids is 1. The van der Waals surface area contributed by atoms with Gasteiger partial charge in [-0.05, 0) is 42.7 Å². The molecule has 0 spiro atoms. The van der Waals surface area contributed by atoms with E-state index in [2.05, 4.69) is 5.32 Å². The van der Waals surface area contributed by atoms with E-state index in [1.165, 1.54) is 0 Å². The fourth-order valence-electron chi connectivity index (χ4n) is 2.59. The average molecular weight is 305 g/mol. The number of nitrogens with one attached hydrogen (secondary N) is 1. The Bertz CT molecular complexity index is 937. The van der Waals surface area contributed by atoms with Gasteiger partial charge >= 0.3 is 5.63 Å². The number of benzene rings is 2. The molecule has 23 heavy (non-hydrogen) atoms. The van der Waals surface area contributed by atoms with Crippen molar-refractivity contribution in [1.82, 2.24) is 0 Å². The van der Waals surface area contributed by atoms with Gasteiger partial charge in [0.05, 0.1) is 5.56 Å². The molecule has 0 bridgehead atoms. The van der Waals surface area contributed by atoms with Crippen molar-refractivity contribution in [2.24, 2.45) is 5.92 Å². The molecule has 1 saturated carbocycles. The quantitative estimate of drug-likeness (QED) is 0.749. The Morgan fingerprint density at radius 1 is 1.04 bits per heavy atom. The summed E-state index contributed by atoms with van der Waals surface area (Å²) < 4.78 is 5.36. The summed E-state index contributed by atoms with van der Waals surface area (Å²) in [6.45, 7) is 0. The van der Waals surface area contributed by atoms with Gasteiger partial charge in [0.25, 0.3) is 0 Å². The van der Waals surface area contributed by atoms with Gasteiger partial charge in [-0.3, -0.25) is 4.79 Å². The van der Waals surface area contributed by atoms with Crippen molar-refractivity contribution in [1.29, 1.82) is 0 Å². The van der Waals surface area contributed by atoms with Crippen LogP contribution >= 0.6 is 0 Å². The van der Waals surface area contributed by atoms with Crippen LogP contribution in [-0.2, 0) is 4.79 Å². The first-order chi connectivity index (χ1) is 11.2. The maximum Gasteiger partial charge on any atom is 0.344 e. The maximum absolute atomic E-state index is 12.2. The van der Waals surface area contributed by atoms with Crippen LogP contribution in [0.2, 0.25) is 0 Å². The summed E-state index contributed by atoms with van der Waals surface area (Å²) in [6.07, 6.45) is 1.95. The molecule has 1 N–H and O–H groups in total. The van der Waals surface area contributed by atoms with Crippen LogP contribution in [0.5, 0.6) is 0 Å². The third-order valence-corrected chi connectivity index (χ3v) is 4.05. The Hall–Kier alpha value is -2.88. The number of hydrogen-bond acceptors (Lipinski definition) is 3. The zero-order valence-electron chi connectivity index (χ0n) is 12.4. The predicted octanol–water partition coefficient (Wildman–Crippen LogP) is 3.81. The van der Waals surface area contributed by atoms with Crippen molar-refractivity contribution in [3.05, 3.63) is 65.0 Å². The molecule has 1 aliphatic carbocycles. The van der Waals surface area contributed by atoms with Crippen LogP contribution in [0.15, 0.2) is 63.8 Å². The average Bonchev–Trinajstić information content (AvgIpc) is 3.40. The fourth-order valence-corrected chi connectivity index (χ4v) is 2.59. The van der Waals surface area contributed by atoms with Crippen molar-refractivity contribution in [3.63, 3.8) is 0 Å². The summed E-state index contributed by atoms with van der Waals surface area (Å²) >= 11 is 0. The molecule has 0 aliphatic heterocycles. The minimum atomic E-state index is -0.363. The third-order valence-electron chi connectivity index (χ3n) is 4.05. The molecule has 1 aromatic heterocycles. The van der Waals surface area contributed by atoms with Gasteiger partial charge in [-0.25, -0.2) is 4.79 Å². The molecule has 0 atom stereocenters. The zero-order valence-corrected chi connectivity index (χ0v) is 12.4. The standard InChI is InChI=1S/C19H15NO3/c21-18(13-5-6-13)20-15-9-7-12(8-10-15)16-11-14-3-1-2-4-17(14)23-19(16)22/h1-4,7-11,13H,5-6H2,(H,20,21). The molecule has 2 aromatic carbocycles. The van der Waals surface area contributed by atoms with E-state index < -0.39 is 0 Å².